The van der Waals surface area contributed by atoms with Gasteiger partial charge in [-0.1, -0.05) is 12.1 Å². The third-order valence-electron chi connectivity index (χ3n) is 3.12. The van der Waals surface area contributed by atoms with E-state index < -0.39 is 0 Å². The van der Waals surface area contributed by atoms with Crippen molar-refractivity contribution in [3.8, 4) is 5.75 Å². The van der Waals surface area contributed by atoms with Crippen LogP contribution in [0.2, 0.25) is 0 Å². The summed E-state index contributed by atoms with van der Waals surface area (Å²) in [7, 11) is 0. The minimum atomic E-state index is 0.624. The number of thiazole rings is 1. The number of hydrogen-bond donors (Lipinski definition) is 2. The van der Waals surface area contributed by atoms with Crippen molar-refractivity contribution >= 4 is 38.6 Å². The van der Waals surface area contributed by atoms with E-state index in [1.807, 2.05) is 50.2 Å². The number of hydrogen-bond acceptors (Lipinski definition) is 5. The van der Waals surface area contributed by atoms with E-state index in [0.29, 0.717) is 12.3 Å². The number of nitrogens with one attached hydrogen (secondary N) is 1. The lowest BCUT2D eigenvalue weighted by atomic mass is 10.2. The van der Waals surface area contributed by atoms with E-state index in [0.717, 1.165) is 32.3 Å². The Morgan fingerprint density at radius 2 is 2.05 bits per heavy atom. The molecule has 1 aromatic heterocycles. The number of ether oxygens (including phenoxy) is 1. The standard InChI is InChI=1S/C16H17N3OS/c1-3-20-15-7-5-4-6-12(15)19-13-9-14-16(8-11(13)17)21-10(2)18-14/h4-9,19H,3,17H2,1-2H3. The number of benzene rings is 2. The largest absolute Gasteiger partial charge is 0.492 e. The van der Waals surface area contributed by atoms with Gasteiger partial charge in [-0.2, -0.15) is 0 Å². The molecule has 0 bridgehead atoms. The van der Waals surface area contributed by atoms with Crippen molar-refractivity contribution in [2.75, 3.05) is 17.7 Å². The molecule has 21 heavy (non-hydrogen) atoms. The topological polar surface area (TPSA) is 60.2 Å². The van der Waals surface area contributed by atoms with Crippen LogP contribution in [0.15, 0.2) is 36.4 Å². The molecule has 0 saturated heterocycles. The summed E-state index contributed by atoms with van der Waals surface area (Å²) in [5, 5.41) is 4.38. The van der Waals surface area contributed by atoms with E-state index in [9.17, 15) is 0 Å². The monoisotopic (exact) mass is 299 g/mol. The molecular weight excluding hydrogens is 282 g/mol. The predicted molar refractivity (Wildman–Crippen MR) is 89.7 cm³/mol. The quantitative estimate of drug-likeness (QED) is 0.704. The second kappa shape index (κ2) is 5.61. The highest BCUT2D eigenvalue weighted by Crippen LogP contribution is 2.34. The first-order valence-corrected chi connectivity index (χ1v) is 7.64. The van der Waals surface area contributed by atoms with Crippen LogP contribution in [0.25, 0.3) is 10.2 Å². The summed E-state index contributed by atoms with van der Waals surface area (Å²) in [6, 6.07) is 11.8. The van der Waals surface area contributed by atoms with Crippen molar-refractivity contribution in [3.63, 3.8) is 0 Å². The zero-order chi connectivity index (χ0) is 14.8. The Labute approximate surface area is 127 Å². The Balaban J connectivity index is 1.99. The van der Waals surface area contributed by atoms with Crippen LogP contribution in [0.1, 0.15) is 11.9 Å². The van der Waals surface area contributed by atoms with E-state index in [4.69, 9.17) is 10.5 Å². The summed E-state index contributed by atoms with van der Waals surface area (Å²) >= 11 is 1.65. The number of aromatic nitrogens is 1. The number of fused-ring (bicyclic) bond motifs is 1. The molecule has 3 rings (SSSR count). The molecule has 3 N–H and O–H groups in total. The van der Waals surface area contributed by atoms with Crippen molar-refractivity contribution in [1.29, 1.82) is 0 Å². The maximum absolute atomic E-state index is 6.14. The fourth-order valence-electron chi connectivity index (χ4n) is 2.21. The summed E-state index contributed by atoms with van der Waals surface area (Å²) in [6.07, 6.45) is 0. The number of nitrogens with zero attached hydrogens (tertiary/aromatic N) is 1. The fraction of sp³-hybridized carbons (Fsp3) is 0.188. The van der Waals surface area contributed by atoms with Gasteiger partial charge in [0, 0.05) is 0 Å². The van der Waals surface area contributed by atoms with E-state index in [1.165, 1.54) is 0 Å². The van der Waals surface area contributed by atoms with Crippen molar-refractivity contribution in [2.45, 2.75) is 13.8 Å². The van der Waals surface area contributed by atoms with Crippen molar-refractivity contribution < 1.29 is 4.74 Å². The molecule has 0 spiro atoms. The lowest BCUT2D eigenvalue weighted by Crippen LogP contribution is -2.00. The molecule has 108 valence electrons. The van der Waals surface area contributed by atoms with Crippen molar-refractivity contribution in [3.05, 3.63) is 41.4 Å². The van der Waals surface area contributed by atoms with Crippen LogP contribution in [0, 0.1) is 6.92 Å². The second-order valence-electron chi connectivity index (χ2n) is 4.69. The highest BCUT2D eigenvalue weighted by atomic mass is 32.1. The summed E-state index contributed by atoms with van der Waals surface area (Å²) in [6.45, 7) is 4.59. The van der Waals surface area contributed by atoms with Gasteiger partial charge >= 0.3 is 0 Å². The second-order valence-corrected chi connectivity index (χ2v) is 5.93. The van der Waals surface area contributed by atoms with Gasteiger partial charge < -0.3 is 15.8 Å². The van der Waals surface area contributed by atoms with Crippen LogP contribution >= 0.6 is 11.3 Å². The zero-order valence-corrected chi connectivity index (χ0v) is 12.8. The highest BCUT2D eigenvalue weighted by molar-refractivity contribution is 7.18. The molecule has 3 aromatic rings. The third kappa shape index (κ3) is 2.78. The number of aryl methyl sites for hydroxylation is 1. The van der Waals surface area contributed by atoms with Crippen LogP contribution in [0.4, 0.5) is 17.1 Å². The first-order valence-electron chi connectivity index (χ1n) is 6.83. The Morgan fingerprint density at radius 1 is 1.24 bits per heavy atom. The first kappa shape index (κ1) is 13.7. The molecule has 0 amide bonds. The van der Waals surface area contributed by atoms with Gasteiger partial charge in [0.05, 0.1) is 38.9 Å². The van der Waals surface area contributed by atoms with Gasteiger partial charge in [-0.3, -0.25) is 0 Å². The maximum atomic E-state index is 6.14. The van der Waals surface area contributed by atoms with E-state index in [2.05, 4.69) is 10.3 Å². The van der Waals surface area contributed by atoms with Crippen molar-refractivity contribution in [1.82, 2.24) is 4.98 Å². The normalized spacial score (nSPS) is 10.8. The molecule has 0 radical (unpaired) electrons. The SMILES string of the molecule is CCOc1ccccc1Nc1cc2nc(C)sc2cc1N. The minimum absolute atomic E-state index is 0.624. The highest BCUT2D eigenvalue weighted by Gasteiger charge is 2.09. The van der Waals surface area contributed by atoms with Gasteiger partial charge in [0.2, 0.25) is 0 Å². The van der Waals surface area contributed by atoms with Crippen molar-refractivity contribution in [2.24, 2.45) is 0 Å². The van der Waals surface area contributed by atoms with Gasteiger partial charge in [0.25, 0.3) is 0 Å². The average Bonchev–Trinajstić information content (AvgIpc) is 2.81. The molecule has 4 nitrogen and oxygen atoms in total. The molecule has 0 aliphatic heterocycles. The van der Waals surface area contributed by atoms with Gasteiger partial charge in [-0.05, 0) is 38.1 Å². The van der Waals surface area contributed by atoms with Crippen LogP contribution < -0.4 is 15.8 Å². The lowest BCUT2D eigenvalue weighted by Gasteiger charge is -2.13. The lowest BCUT2D eigenvalue weighted by molar-refractivity contribution is 0.342. The van der Waals surface area contributed by atoms with Crippen LogP contribution in [-0.4, -0.2) is 11.6 Å². The Kier molecular flexibility index (Phi) is 3.66. The summed E-state index contributed by atoms with van der Waals surface area (Å²) < 4.78 is 6.73. The van der Waals surface area contributed by atoms with Gasteiger partial charge in [0.1, 0.15) is 5.75 Å². The summed E-state index contributed by atoms with van der Waals surface area (Å²) in [5.41, 5.74) is 9.56. The molecule has 5 heteroatoms. The minimum Gasteiger partial charge on any atom is -0.492 e. The zero-order valence-electron chi connectivity index (χ0n) is 12.0. The van der Waals surface area contributed by atoms with Gasteiger partial charge in [0.15, 0.2) is 0 Å². The van der Waals surface area contributed by atoms with E-state index in [-0.39, 0.29) is 0 Å². The molecule has 0 aliphatic rings. The molecular formula is C16H17N3OS. The molecule has 0 fully saturated rings. The Hall–Kier alpha value is -2.27. The Bertz CT molecular complexity index is 782. The average molecular weight is 299 g/mol. The van der Waals surface area contributed by atoms with Gasteiger partial charge in [-0.25, -0.2) is 4.98 Å². The van der Waals surface area contributed by atoms with E-state index in [1.54, 1.807) is 11.3 Å². The molecule has 0 atom stereocenters. The summed E-state index contributed by atoms with van der Waals surface area (Å²) in [4.78, 5) is 4.51. The molecule has 2 aromatic carbocycles. The molecule has 1 heterocycles. The maximum Gasteiger partial charge on any atom is 0.142 e. The third-order valence-corrected chi connectivity index (χ3v) is 4.06. The first-order chi connectivity index (χ1) is 10.2. The van der Waals surface area contributed by atoms with Crippen LogP contribution in [-0.2, 0) is 0 Å². The smallest absolute Gasteiger partial charge is 0.142 e. The number of nitrogen functional groups attached to an aromatic ring is 1. The number of anilines is 3. The number of para-hydroxylation sites is 2. The molecule has 0 unspecified atom stereocenters. The van der Waals surface area contributed by atoms with Crippen LogP contribution in [0.5, 0.6) is 5.75 Å². The predicted octanol–water partition coefficient (Wildman–Crippen LogP) is 4.33. The number of nitrogens with two attached hydrogens (primary N) is 1. The van der Waals surface area contributed by atoms with Crippen LogP contribution in [0.3, 0.4) is 0 Å². The van der Waals surface area contributed by atoms with Gasteiger partial charge in [-0.15, -0.1) is 11.3 Å². The fourth-order valence-corrected chi connectivity index (χ4v) is 3.07. The molecule has 0 saturated carbocycles. The summed E-state index contributed by atoms with van der Waals surface area (Å²) in [5.74, 6) is 0.814. The Morgan fingerprint density at radius 3 is 2.86 bits per heavy atom. The van der Waals surface area contributed by atoms with E-state index >= 15 is 0 Å². The molecule has 0 aliphatic carbocycles. The number of rotatable bonds is 4.